The molecule has 268 valence electrons. The quantitative estimate of drug-likeness (QED) is 0.270. The molecule has 8 fully saturated rings. The van der Waals surface area contributed by atoms with Crippen molar-refractivity contribution in [3.63, 3.8) is 0 Å². The van der Waals surface area contributed by atoms with E-state index >= 15 is 0 Å². The van der Waals surface area contributed by atoms with Crippen molar-refractivity contribution in [2.75, 3.05) is 0 Å². The van der Waals surface area contributed by atoms with Gasteiger partial charge in [0.25, 0.3) is 0 Å². The fourth-order valence-corrected chi connectivity index (χ4v) is 18.0. The maximum atomic E-state index is 2.63. The molecule has 0 saturated heterocycles. The third-order valence-corrected chi connectivity index (χ3v) is 19.5. The summed E-state index contributed by atoms with van der Waals surface area (Å²) in [7, 11) is 0. The molecular weight excluding hydrogens is 565 g/mol. The van der Waals surface area contributed by atoms with E-state index in [9.17, 15) is 0 Å². The maximum absolute atomic E-state index is 2.63. The summed E-state index contributed by atoms with van der Waals surface area (Å²) in [5.74, 6) is 18.2. The molecule has 0 radical (unpaired) electrons. The predicted octanol–water partition coefficient (Wildman–Crippen LogP) is 13.9. The summed E-state index contributed by atoms with van der Waals surface area (Å²) in [5.41, 5.74) is 1.20. The Morgan fingerprint density at radius 1 is 0.489 bits per heavy atom. The van der Waals surface area contributed by atoms with Crippen molar-refractivity contribution in [3.8, 4) is 0 Å². The molecule has 0 heteroatoms. The number of hydrogen-bond donors (Lipinski definition) is 0. The van der Waals surface area contributed by atoms with Crippen molar-refractivity contribution >= 4 is 0 Å². The number of hydrogen-bond acceptors (Lipinski definition) is 0. The number of rotatable bonds is 6. The normalized spacial score (nSPS) is 50.9. The molecule has 0 amide bonds. The van der Waals surface area contributed by atoms with E-state index in [2.05, 4.69) is 48.5 Å². The van der Waals surface area contributed by atoms with Crippen LogP contribution < -0.4 is 0 Å². The standard InChI is InChI=1S/C47H80/c1-8-29(9-2)34-22-35(30(10-3)11-4)28-47(27-34)41-21-20-38-39(45(41)40-23-31-16-12-13-17-32(31)25-43(40)47)24-33-26-42(46(5,6)7)36-18-14-15-19-37(36)44(33)38/h29-45H,8-28H2,1-7H3. The molecular formula is C47H80. The molecule has 8 saturated carbocycles. The lowest BCUT2D eigenvalue weighted by atomic mass is 9.49. The molecule has 15 unspecified atom stereocenters. The van der Waals surface area contributed by atoms with E-state index in [1.54, 1.807) is 103 Å². The van der Waals surface area contributed by atoms with Crippen LogP contribution >= 0.6 is 0 Å². The van der Waals surface area contributed by atoms with Gasteiger partial charge in [-0.3, -0.25) is 0 Å². The Bertz CT molecular complexity index is 1030. The summed E-state index contributed by atoms with van der Waals surface area (Å²) in [5, 5.41) is 0. The minimum Gasteiger partial charge on any atom is -0.0651 e. The summed E-state index contributed by atoms with van der Waals surface area (Å²) in [6.07, 6.45) is 33.2. The van der Waals surface area contributed by atoms with Gasteiger partial charge in [-0.2, -0.15) is 0 Å². The fraction of sp³-hybridized carbons (Fsp3) is 1.00. The van der Waals surface area contributed by atoms with Gasteiger partial charge in [0.05, 0.1) is 0 Å². The Morgan fingerprint density at radius 2 is 1.04 bits per heavy atom. The SMILES string of the molecule is CCC(CC)C1CC(C(CC)CC)CC2(C1)C1CC3CCCCC3CC1C1C3CC4CC(C(C)(C)C)C5CCCCC5C4C3CCC12. The van der Waals surface area contributed by atoms with Crippen molar-refractivity contribution in [2.24, 2.45) is 111 Å². The second-order valence-corrected chi connectivity index (χ2v) is 21.6. The first-order valence-electron chi connectivity index (χ1n) is 22.7. The maximum Gasteiger partial charge on any atom is -0.0230 e. The highest BCUT2D eigenvalue weighted by molar-refractivity contribution is 5.17. The summed E-state index contributed by atoms with van der Waals surface area (Å²) < 4.78 is 0. The Morgan fingerprint density at radius 3 is 1.66 bits per heavy atom. The highest BCUT2D eigenvalue weighted by Gasteiger charge is 2.69. The highest BCUT2D eigenvalue weighted by Crippen LogP contribution is 2.76. The van der Waals surface area contributed by atoms with Crippen LogP contribution in [0.25, 0.3) is 0 Å². The van der Waals surface area contributed by atoms with Gasteiger partial charge in [0.2, 0.25) is 0 Å². The summed E-state index contributed by atoms with van der Waals surface area (Å²) in [4.78, 5) is 0. The van der Waals surface area contributed by atoms with Gasteiger partial charge >= 0.3 is 0 Å². The first-order chi connectivity index (χ1) is 22.7. The molecule has 15 atom stereocenters. The lowest BCUT2D eigenvalue weighted by Crippen LogP contribution is -2.48. The molecule has 8 rings (SSSR count). The Kier molecular flexibility index (Phi) is 9.58. The van der Waals surface area contributed by atoms with Crippen molar-refractivity contribution < 1.29 is 0 Å². The zero-order chi connectivity index (χ0) is 32.7. The molecule has 0 aromatic rings. The van der Waals surface area contributed by atoms with Crippen molar-refractivity contribution in [1.82, 2.24) is 0 Å². The molecule has 0 bridgehead atoms. The van der Waals surface area contributed by atoms with Crippen LogP contribution in [-0.4, -0.2) is 0 Å². The van der Waals surface area contributed by atoms with Gasteiger partial charge in [0.1, 0.15) is 0 Å². The van der Waals surface area contributed by atoms with Crippen LogP contribution in [0.2, 0.25) is 0 Å². The van der Waals surface area contributed by atoms with Crippen molar-refractivity contribution in [1.29, 1.82) is 0 Å². The van der Waals surface area contributed by atoms with Crippen molar-refractivity contribution in [3.05, 3.63) is 0 Å². The van der Waals surface area contributed by atoms with Gasteiger partial charge in [-0.25, -0.2) is 0 Å². The summed E-state index contributed by atoms with van der Waals surface area (Å²) in [6.45, 7) is 18.1. The van der Waals surface area contributed by atoms with Gasteiger partial charge < -0.3 is 0 Å². The van der Waals surface area contributed by atoms with Crippen molar-refractivity contribution in [2.45, 2.75) is 183 Å². The summed E-state index contributed by atoms with van der Waals surface area (Å²) >= 11 is 0. The van der Waals surface area contributed by atoms with E-state index in [0.717, 1.165) is 101 Å². The minimum atomic E-state index is 0.500. The van der Waals surface area contributed by atoms with Crippen LogP contribution in [-0.2, 0) is 0 Å². The van der Waals surface area contributed by atoms with Crippen LogP contribution in [0.5, 0.6) is 0 Å². The first kappa shape index (κ1) is 34.1. The van der Waals surface area contributed by atoms with Gasteiger partial charge in [-0.15, -0.1) is 0 Å². The molecule has 8 aliphatic carbocycles. The summed E-state index contributed by atoms with van der Waals surface area (Å²) in [6, 6.07) is 0. The number of fused-ring (bicyclic) bond motifs is 12. The smallest absolute Gasteiger partial charge is 0.0230 e. The Labute approximate surface area is 293 Å². The molecule has 1 spiro atoms. The average Bonchev–Trinajstić information content (AvgIpc) is 3.57. The zero-order valence-electron chi connectivity index (χ0n) is 32.7. The van der Waals surface area contributed by atoms with Gasteiger partial charge in [0.15, 0.2) is 0 Å². The second-order valence-electron chi connectivity index (χ2n) is 21.6. The molecule has 0 N–H and O–H groups in total. The second kappa shape index (κ2) is 13.2. The third-order valence-electron chi connectivity index (χ3n) is 19.5. The zero-order valence-corrected chi connectivity index (χ0v) is 32.7. The monoisotopic (exact) mass is 645 g/mol. The molecule has 0 aromatic carbocycles. The highest BCUT2D eigenvalue weighted by atomic mass is 14.7. The van der Waals surface area contributed by atoms with E-state index in [1.165, 1.54) is 32.1 Å². The molecule has 0 nitrogen and oxygen atoms in total. The Balaban J connectivity index is 1.18. The van der Waals surface area contributed by atoms with Gasteiger partial charge in [0, 0.05) is 0 Å². The molecule has 47 heavy (non-hydrogen) atoms. The molecule has 0 heterocycles. The van der Waals surface area contributed by atoms with Gasteiger partial charge in [-0.1, -0.05) is 113 Å². The lowest BCUT2D eigenvalue weighted by molar-refractivity contribution is -0.0687. The molecule has 8 aliphatic rings. The first-order valence-corrected chi connectivity index (χ1v) is 22.7. The van der Waals surface area contributed by atoms with Gasteiger partial charge in [-0.05, 0) is 182 Å². The topological polar surface area (TPSA) is 0 Å². The largest absolute Gasteiger partial charge is 0.0651 e. The fourth-order valence-electron chi connectivity index (χ4n) is 18.0. The molecule has 0 aromatic heterocycles. The van der Waals surface area contributed by atoms with E-state index in [0.29, 0.717) is 10.8 Å². The van der Waals surface area contributed by atoms with Crippen LogP contribution in [0.1, 0.15) is 183 Å². The van der Waals surface area contributed by atoms with E-state index in [-0.39, 0.29) is 0 Å². The molecule has 0 aliphatic heterocycles. The van der Waals surface area contributed by atoms with Crippen LogP contribution in [0, 0.1) is 111 Å². The van der Waals surface area contributed by atoms with Crippen LogP contribution in [0.4, 0.5) is 0 Å². The third kappa shape index (κ3) is 5.52. The predicted molar refractivity (Wildman–Crippen MR) is 201 cm³/mol. The van der Waals surface area contributed by atoms with E-state index < -0.39 is 0 Å². The van der Waals surface area contributed by atoms with E-state index in [1.807, 2.05) is 0 Å². The van der Waals surface area contributed by atoms with Crippen LogP contribution in [0.3, 0.4) is 0 Å². The average molecular weight is 645 g/mol. The minimum absolute atomic E-state index is 0.500. The van der Waals surface area contributed by atoms with E-state index in [4.69, 9.17) is 0 Å². The Hall–Kier alpha value is 0. The lowest BCUT2D eigenvalue weighted by Gasteiger charge is -2.56. The van der Waals surface area contributed by atoms with Crippen LogP contribution in [0.15, 0.2) is 0 Å².